The van der Waals surface area contributed by atoms with Crippen LogP contribution in [-0.4, -0.2) is 16.2 Å². The highest BCUT2D eigenvalue weighted by atomic mass is 19.3. The van der Waals surface area contributed by atoms with Gasteiger partial charge in [-0.15, -0.1) is 0 Å². The summed E-state index contributed by atoms with van der Waals surface area (Å²) in [4.78, 5) is 11.6. The van der Waals surface area contributed by atoms with Crippen LogP contribution in [0.1, 0.15) is 22.5 Å². The minimum Gasteiger partial charge on any atom is -0.508 e. The van der Waals surface area contributed by atoms with Crippen molar-refractivity contribution in [1.82, 2.24) is 5.16 Å². The molecule has 0 unspecified atom stereocenters. The van der Waals surface area contributed by atoms with Crippen LogP contribution >= 0.6 is 0 Å². The summed E-state index contributed by atoms with van der Waals surface area (Å²) in [5, 5.41) is 14.5. The molecule has 1 aromatic carbocycles. The SMILES string of the molecule is O=C(Nc1cc(C(F)F)no1)c1cccc(O)c1. The van der Waals surface area contributed by atoms with E-state index in [4.69, 9.17) is 0 Å². The molecule has 2 rings (SSSR count). The van der Waals surface area contributed by atoms with Gasteiger partial charge in [-0.25, -0.2) is 8.78 Å². The Morgan fingerprint density at radius 1 is 1.39 bits per heavy atom. The third kappa shape index (κ3) is 2.62. The van der Waals surface area contributed by atoms with Crippen LogP contribution in [0.15, 0.2) is 34.9 Å². The molecular weight excluding hydrogens is 246 g/mol. The lowest BCUT2D eigenvalue weighted by Gasteiger charge is -2.01. The number of phenolic OH excluding ortho intramolecular Hbond substituents is 1. The topological polar surface area (TPSA) is 75.4 Å². The maximum atomic E-state index is 12.2. The van der Waals surface area contributed by atoms with E-state index in [9.17, 15) is 18.7 Å². The van der Waals surface area contributed by atoms with Crippen molar-refractivity contribution in [3.8, 4) is 5.75 Å². The molecule has 7 heteroatoms. The molecule has 0 saturated carbocycles. The highest BCUT2D eigenvalue weighted by Gasteiger charge is 2.15. The largest absolute Gasteiger partial charge is 0.508 e. The molecule has 2 N–H and O–H groups in total. The first-order valence-electron chi connectivity index (χ1n) is 4.91. The van der Waals surface area contributed by atoms with Crippen LogP contribution in [0.5, 0.6) is 5.75 Å². The predicted molar refractivity (Wildman–Crippen MR) is 57.5 cm³/mol. The number of hydrogen-bond donors (Lipinski definition) is 2. The lowest BCUT2D eigenvalue weighted by Crippen LogP contribution is -2.10. The summed E-state index contributed by atoms with van der Waals surface area (Å²) >= 11 is 0. The number of aromatic hydroxyl groups is 1. The molecule has 0 aliphatic rings. The fourth-order valence-corrected chi connectivity index (χ4v) is 1.28. The van der Waals surface area contributed by atoms with E-state index in [1.165, 1.54) is 24.3 Å². The number of nitrogens with zero attached hydrogens (tertiary/aromatic N) is 1. The van der Waals surface area contributed by atoms with E-state index in [-0.39, 0.29) is 17.2 Å². The van der Waals surface area contributed by atoms with Crippen molar-refractivity contribution in [2.75, 3.05) is 5.32 Å². The Hall–Kier alpha value is -2.44. The zero-order valence-corrected chi connectivity index (χ0v) is 8.93. The number of anilines is 1. The number of nitrogens with one attached hydrogen (secondary N) is 1. The van der Waals surface area contributed by atoms with Gasteiger partial charge in [-0.2, -0.15) is 0 Å². The summed E-state index contributed by atoms with van der Waals surface area (Å²) in [5.74, 6) is -0.852. The Morgan fingerprint density at radius 3 is 2.78 bits per heavy atom. The van der Waals surface area contributed by atoms with Crippen molar-refractivity contribution < 1.29 is 23.2 Å². The van der Waals surface area contributed by atoms with Crippen LogP contribution in [0.3, 0.4) is 0 Å². The van der Waals surface area contributed by atoms with E-state index in [0.29, 0.717) is 0 Å². The molecule has 1 heterocycles. The number of halogens is 2. The first-order valence-corrected chi connectivity index (χ1v) is 4.91. The maximum Gasteiger partial charge on any atom is 0.283 e. The summed E-state index contributed by atoms with van der Waals surface area (Å²) in [6.07, 6.45) is -2.76. The molecule has 0 atom stereocenters. The van der Waals surface area contributed by atoms with E-state index in [2.05, 4.69) is 15.0 Å². The number of carbonyl (C=O) groups is 1. The molecule has 1 aromatic heterocycles. The fraction of sp³-hybridized carbons (Fsp3) is 0.0909. The molecular formula is C11H8F2N2O3. The second-order valence-corrected chi connectivity index (χ2v) is 3.42. The lowest BCUT2D eigenvalue weighted by molar-refractivity contribution is 0.102. The molecule has 0 radical (unpaired) electrons. The first-order chi connectivity index (χ1) is 8.56. The number of amides is 1. The molecule has 0 aliphatic heterocycles. The number of phenols is 1. The van der Waals surface area contributed by atoms with E-state index >= 15 is 0 Å². The van der Waals surface area contributed by atoms with Crippen LogP contribution in [0.25, 0.3) is 0 Å². The van der Waals surface area contributed by atoms with Crippen LogP contribution in [0.4, 0.5) is 14.7 Å². The molecule has 0 bridgehead atoms. The molecule has 1 amide bonds. The quantitative estimate of drug-likeness (QED) is 0.882. The number of carbonyl (C=O) groups excluding carboxylic acids is 1. The van der Waals surface area contributed by atoms with E-state index < -0.39 is 18.0 Å². The minimum atomic E-state index is -2.76. The van der Waals surface area contributed by atoms with Crippen LogP contribution in [0.2, 0.25) is 0 Å². The van der Waals surface area contributed by atoms with Gasteiger partial charge in [-0.05, 0) is 18.2 Å². The molecule has 0 saturated heterocycles. The van der Waals surface area contributed by atoms with Gasteiger partial charge in [-0.1, -0.05) is 11.2 Å². The Labute approximate surface area is 100 Å². The number of rotatable bonds is 3. The zero-order valence-electron chi connectivity index (χ0n) is 8.93. The number of aromatic nitrogens is 1. The van der Waals surface area contributed by atoms with Gasteiger partial charge in [-0.3, -0.25) is 10.1 Å². The zero-order chi connectivity index (χ0) is 13.1. The third-order valence-electron chi connectivity index (χ3n) is 2.10. The summed E-state index contributed by atoms with van der Waals surface area (Å²) in [5.41, 5.74) is -0.383. The smallest absolute Gasteiger partial charge is 0.283 e. The summed E-state index contributed by atoms with van der Waals surface area (Å²) in [6, 6.07) is 6.51. The molecule has 0 spiro atoms. The maximum absolute atomic E-state index is 12.2. The second-order valence-electron chi connectivity index (χ2n) is 3.42. The molecule has 18 heavy (non-hydrogen) atoms. The second kappa shape index (κ2) is 4.82. The standard InChI is InChI=1S/C11H8F2N2O3/c12-10(13)8-5-9(18-15-8)14-11(17)6-2-1-3-7(16)4-6/h1-5,10,16H,(H,14,17). The average molecular weight is 254 g/mol. The summed E-state index contributed by atoms with van der Waals surface area (Å²) in [6.45, 7) is 0. The minimum absolute atomic E-state index is 0.0755. The van der Waals surface area contributed by atoms with Gasteiger partial charge in [0.1, 0.15) is 5.75 Å². The van der Waals surface area contributed by atoms with Gasteiger partial charge >= 0.3 is 0 Å². The van der Waals surface area contributed by atoms with Crippen molar-refractivity contribution in [3.63, 3.8) is 0 Å². The van der Waals surface area contributed by atoms with Gasteiger partial charge < -0.3 is 9.63 Å². The fourth-order valence-electron chi connectivity index (χ4n) is 1.28. The van der Waals surface area contributed by atoms with Gasteiger partial charge in [0.05, 0.1) is 0 Å². The molecule has 94 valence electrons. The van der Waals surface area contributed by atoms with Gasteiger partial charge in [0.15, 0.2) is 5.69 Å². The van der Waals surface area contributed by atoms with Crippen molar-refractivity contribution in [2.45, 2.75) is 6.43 Å². The molecule has 5 nitrogen and oxygen atoms in total. The van der Waals surface area contributed by atoms with Gasteiger partial charge in [0, 0.05) is 11.6 Å². The van der Waals surface area contributed by atoms with E-state index in [1.807, 2.05) is 0 Å². The number of hydrogen-bond acceptors (Lipinski definition) is 4. The molecule has 0 fully saturated rings. The Kier molecular flexibility index (Phi) is 3.22. The highest BCUT2D eigenvalue weighted by molar-refractivity contribution is 6.03. The molecule has 2 aromatic rings. The highest BCUT2D eigenvalue weighted by Crippen LogP contribution is 2.21. The van der Waals surface area contributed by atoms with E-state index in [1.54, 1.807) is 0 Å². The Bertz CT molecular complexity index is 569. The molecule has 0 aliphatic carbocycles. The van der Waals surface area contributed by atoms with Gasteiger partial charge in [0.2, 0.25) is 5.88 Å². The van der Waals surface area contributed by atoms with Crippen molar-refractivity contribution in [3.05, 3.63) is 41.6 Å². The van der Waals surface area contributed by atoms with Crippen molar-refractivity contribution in [2.24, 2.45) is 0 Å². The van der Waals surface area contributed by atoms with Crippen LogP contribution in [-0.2, 0) is 0 Å². The first kappa shape index (κ1) is 12.0. The number of benzene rings is 1. The van der Waals surface area contributed by atoms with Crippen molar-refractivity contribution in [1.29, 1.82) is 0 Å². The summed E-state index contributed by atoms with van der Waals surface area (Å²) < 4.78 is 29.0. The van der Waals surface area contributed by atoms with Gasteiger partial charge in [0.25, 0.3) is 12.3 Å². The average Bonchev–Trinajstić information content (AvgIpc) is 2.77. The third-order valence-corrected chi connectivity index (χ3v) is 2.10. The normalized spacial score (nSPS) is 10.6. The van der Waals surface area contributed by atoms with Crippen LogP contribution < -0.4 is 5.32 Å². The predicted octanol–water partition coefficient (Wildman–Crippen LogP) is 2.57. The van der Waals surface area contributed by atoms with Crippen molar-refractivity contribution >= 4 is 11.8 Å². The Balaban J connectivity index is 2.11. The van der Waals surface area contributed by atoms with Crippen LogP contribution in [0, 0.1) is 0 Å². The summed E-state index contributed by atoms with van der Waals surface area (Å²) in [7, 11) is 0. The monoisotopic (exact) mass is 254 g/mol. The Morgan fingerprint density at radius 2 is 2.17 bits per heavy atom. The number of alkyl halides is 2. The van der Waals surface area contributed by atoms with E-state index in [0.717, 1.165) is 6.07 Å². The lowest BCUT2D eigenvalue weighted by atomic mass is 10.2.